The Bertz CT molecular complexity index is 404. The van der Waals surface area contributed by atoms with Gasteiger partial charge >= 0.3 is 5.97 Å². The van der Waals surface area contributed by atoms with Gasteiger partial charge < -0.3 is 10.0 Å². The van der Waals surface area contributed by atoms with Gasteiger partial charge in [-0.2, -0.15) is 0 Å². The fourth-order valence-electron chi connectivity index (χ4n) is 2.29. The van der Waals surface area contributed by atoms with E-state index < -0.39 is 5.97 Å². The standard InChI is InChI=1S/C13H17NO2/c1-13(2)8-14(9-13)11-6-4-3-5-10(11)7-12(15)16/h3-6H,7-9H2,1-2H3,(H,15,16). The molecule has 0 bridgehead atoms. The highest BCUT2D eigenvalue weighted by Gasteiger charge is 2.34. The van der Waals surface area contributed by atoms with Gasteiger partial charge in [-0.05, 0) is 17.0 Å². The average Bonchev–Trinajstić information content (AvgIpc) is 2.14. The van der Waals surface area contributed by atoms with Crippen LogP contribution in [0.25, 0.3) is 0 Å². The number of hydrogen-bond acceptors (Lipinski definition) is 2. The van der Waals surface area contributed by atoms with Gasteiger partial charge in [-0.1, -0.05) is 32.0 Å². The molecule has 1 saturated heterocycles. The maximum absolute atomic E-state index is 10.8. The van der Waals surface area contributed by atoms with Crippen molar-refractivity contribution in [1.29, 1.82) is 0 Å². The molecule has 1 aliphatic rings. The molecule has 1 heterocycles. The van der Waals surface area contributed by atoms with E-state index >= 15 is 0 Å². The second-order valence-electron chi connectivity index (χ2n) is 5.22. The van der Waals surface area contributed by atoms with Crippen molar-refractivity contribution in [1.82, 2.24) is 0 Å². The van der Waals surface area contributed by atoms with Crippen LogP contribution >= 0.6 is 0 Å². The maximum Gasteiger partial charge on any atom is 0.307 e. The van der Waals surface area contributed by atoms with Gasteiger partial charge in [0.1, 0.15) is 0 Å². The van der Waals surface area contributed by atoms with Crippen LogP contribution in [0.4, 0.5) is 5.69 Å². The summed E-state index contributed by atoms with van der Waals surface area (Å²) >= 11 is 0. The molecule has 3 nitrogen and oxygen atoms in total. The second-order valence-corrected chi connectivity index (χ2v) is 5.22. The van der Waals surface area contributed by atoms with E-state index in [-0.39, 0.29) is 6.42 Å². The molecule has 0 radical (unpaired) electrons. The van der Waals surface area contributed by atoms with E-state index in [1.165, 1.54) is 0 Å². The molecule has 3 heteroatoms. The predicted octanol–water partition coefficient (Wildman–Crippen LogP) is 2.16. The molecule has 0 aromatic heterocycles. The number of aliphatic carboxylic acids is 1. The van der Waals surface area contributed by atoms with E-state index in [9.17, 15) is 4.79 Å². The minimum Gasteiger partial charge on any atom is -0.481 e. The molecular formula is C13H17NO2. The van der Waals surface area contributed by atoms with E-state index in [2.05, 4.69) is 18.7 Å². The van der Waals surface area contributed by atoms with Gasteiger partial charge in [0.25, 0.3) is 0 Å². The van der Waals surface area contributed by atoms with Crippen LogP contribution in [0.1, 0.15) is 19.4 Å². The topological polar surface area (TPSA) is 40.5 Å². The summed E-state index contributed by atoms with van der Waals surface area (Å²) in [5.41, 5.74) is 2.34. The van der Waals surface area contributed by atoms with Crippen LogP contribution in [-0.2, 0) is 11.2 Å². The monoisotopic (exact) mass is 219 g/mol. The van der Waals surface area contributed by atoms with Crippen LogP contribution in [0.2, 0.25) is 0 Å². The van der Waals surface area contributed by atoms with E-state index in [0.29, 0.717) is 5.41 Å². The van der Waals surface area contributed by atoms with Crippen molar-refractivity contribution in [2.45, 2.75) is 20.3 Å². The summed E-state index contributed by atoms with van der Waals surface area (Å²) in [5, 5.41) is 8.85. The van der Waals surface area contributed by atoms with Gasteiger partial charge in [0.2, 0.25) is 0 Å². The Labute approximate surface area is 95.7 Å². The average molecular weight is 219 g/mol. The molecule has 2 rings (SSSR count). The van der Waals surface area contributed by atoms with Gasteiger partial charge in [0.15, 0.2) is 0 Å². The molecule has 1 aromatic carbocycles. The summed E-state index contributed by atoms with van der Waals surface area (Å²) in [5.74, 6) is -0.771. The lowest BCUT2D eigenvalue weighted by molar-refractivity contribution is -0.136. The Morgan fingerprint density at radius 2 is 2.00 bits per heavy atom. The number of nitrogens with zero attached hydrogens (tertiary/aromatic N) is 1. The molecular weight excluding hydrogens is 202 g/mol. The SMILES string of the molecule is CC1(C)CN(c2ccccc2CC(=O)O)C1. The molecule has 86 valence electrons. The van der Waals surface area contributed by atoms with E-state index in [1.54, 1.807) is 0 Å². The van der Waals surface area contributed by atoms with Crippen LogP contribution in [0, 0.1) is 5.41 Å². The number of rotatable bonds is 3. The minimum atomic E-state index is -0.771. The van der Waals surface area contributed by atoms with Gasteiger partial charge in [-0.25, -0.2) is 0 Å². The third kappa shape index (κ3) is 2.18. The van der Waals surface area contributed by atoms with Crippen molar-refractivity contribution < 1.29 is 9.90 Å². The van der Waals surface area contributed by atoms with Gasteiger partial charge in [0.05, 0.1) is 6.42 Å². The van der Waals surface area contributed by atoms with E-state index in [0.717, 1.165) is 24.3 Å². The van der Waals surface area contributed by atoms with Crippen molar-refractivity contribution in [3.63, 3.8) is 0 Å². The lowest BCUT2D eigenvalue weighted by Crippen LogP contribution is -2.53. The Morgan fingerprint density at radius 3 is 2.56 bits per heavy atom. The van der Waals surface area contributed by atoms with Crippen LogP contribution in [-0.4, -0.2) is 24.2 Å². The largest absolute Gasteiger partial charge is 0.481 e. The zero-order chi connectivity index (χ0) is 11.8. The first-order chi connectivity index (χ1) is 7.48. The normalized spacial score (nSPS) is 18.0. The first kappa shape index (κ1) is 11.0. The third-order valence-corrected chi connectivity index (χ3v) is 2.91. The molecule has 1 aromatic rings. The smallest absolute Gasteiger partial charge is 0.307 e. The highest BCUT2D eigenvalue weighted by molar-refractivity contribution is 5.74. The zero-order valence-corrected chi connectivity index (χ0v) is 9.73. The van der Waals surface area contributed by atoms with E-state index in [4.69, 9.17) is 5.11 Å². The molecule has 0 amide bonds. The fraction of sp³-hybridized carbons (Fsp3) is 0.462. The summed E-state index contributed by atoms with van der Waals surface area (Å²) in [4.78, 5) is 13.0. The maximum atomic E-state index is 10.8. The number of para-hydroxylation sites is 1. The highest BCUT2D eigenvalue weighted by atomic mass is 16.4. The summed E-state index contributed by atoms with van der Waals surface area (Å²) in [6, 6.07) is 7.76. The number of benzene rings is 1. The fourth-order valence-corrected chi connectivity index (χ4v) is 2.29. The van der Waals surface area contributed by atoms with Crippen molar-refractivity contribution in [3.8, 4) is 0 Å². The third-order valence-electron chi connectivity index (χ3n) is 2.91. The molecule has 0 saturated carbocycles. The Morgan fingerprint density at radius 1 is 1.38 bits per heavy atom. The minimum absolute atomic E-state index is 0.104. The number of anilines is 1. The lowest BCUT2D eigenvalue weighted by atomic mass is 9.83. The van der Waals surface area contributed by atoms with Crippen molar-refractivity contribution in [2.24, 2.45) is 5.41 Å². The summed E-state index contributed by atoms with van der Waals surface area (Å²) in [6.07, 6.45) is 0.104. The molecule has 1 N–H and O–H groups in total. The Balaban J connectivity index is 2.18. The molecule has 0 spiro atoms. The van der Waals surface area contributed by atoms with Gasteiger partial charge in [-0.3, -0.25) is 4.79 Å². The number of carboxylic acids is 1. The zero-order valence-electron chi connectivity index (χ0n) is 9.73. The van der Waals surface area contributed by atoms with Crippen molar-refractivity contribution >= 4 is 11.7 Å². The number of carbonyl (C=O) groups is 1. The molecule has 1 fully saturated rings. The van der Waals surface area contributed by atoms with Crippen molar-refractivity contribution in [2.75, 3.05) is 18.0 Å². The Kier molecular flexibility index (Phi) is 2.62. The molecule has 0 atom stereocenters. The van der Waals surface area contributed by atoms with Gasteiger partial charge in [-0.15, -0.1) is 0 Å². The molecule has 0 aliphatic carbocycles. The Hall–Kier alpha value is -1.51. The first-order valence-electron chi connectivity index (χ1n) is 5.53. The van der Waals surface area contributed by atoms with Crippen molar-refractivity contribution in [3.05, 3.63) is 29.8 Å². The summed E-state index contributed by atoms with van der Waals surface area (Å²) in [7, 11) is 0. The summed E-state index contributed by atoms with van der Waals surface area (Å²) < 4.78 is 0. The second kappa shape index (κ2) is 3.81. The highest BCUT2D eigenvalue weighted by Crippen LogP contribution is 2.35. The quantitative estimate of drug-likeness (QED) is 0.847. The number of carboxylic acid groups (broad SMARTS) is 1. The number of hydrogen-bond donors (Lipinski definition) is 1. The van der Waals surface area contributed by atoms with Crippen LogP contribution < -0.4 is 4.90 Å². The van der Waals surface area contributed by atoms with E-state index in [1.807, 2.05) is 24.3 Å². The first-order valence-corrected chi connectivity index (χ1v) is 5.53. The van der Waals surface area contributed by atoms with Gasteiger partial charge in [0, 0.05) is 18.8 Å². The van der Waals surface area contributed by atoms with Crippen LogP contribution in [0.3, 0.4) is 0 Å². The molecule has 16 heavy (non-hydrogen) atoms. The van der Waals surface area contributed by atoms with Crippen LogP contribution in [0.15, 0.2) is 24.3 Å². The predicted molar refractivity (Wildman–Crippen MR) is 63.8 cm³/mol. The molecule has 1 aliphatic heterocycles. The van der Waals surface area contributed by atoms with Crippen LogP contribution in [0.5, 0.6) is 0 Å². The molecule has 0 unspecified atom stereocenters. The lowest BCUT2D eigenvalue weighted by Gasteiger charge is -2.48. The summed E-state index contributed by atoms with van der Waals surface area (Å²) in [6.45, 7) is 6.46.